The standard InChI is InChI=1S/C42H84N2O2/c1-5-7-9-11-13-15-17-19-20-22-24-26-28-30-32-37-42(46)44-40(39(3)4)35-33-34-38-43-41(45)36-31-29-27-25-23-21-18-16-14-12-10-8-6-2/h39-40H,5-38H2,1-4H3,(H,43,45)(H,44,46)/t40-/m0/s1. The largest absolute Gasteiger partial charge is 0.356 e. The number of carbonyl (C=O) groups is 2. The highest BCUT2D eigenvalue weighted by molar-refractivity contribution is 5.76. The van der Waals surface area contributed by atoms with Gasteiger partial charge in [0.15, 0.2) is 0 Å². The zero-order chi connectivity index (χ0) is 33.8. The minimum atomic E-state index is 0.209. The summed E-state index contributed by atoms with van der Waals surface area (Å²) in [5.74, 6) is 0.870. The van der Waals surface area contributed by atoms with Crippen molar-refractivity contribution in [1.29, 1.82) is 0 Å². The molecule has 0 aromatic carbocycles. The molecule has 0 unspecified atom stereocenters. The van der Waals surface area contributed by atoms with Crippen LogP contribution >= 0.6 is 0 Å². The quantitative estimate of drug-likeness (QED) is 0.0659. The molecule has 0 saturated carbocycles. The molecular formula is C42H84N2O2. The zero-order valence-electron chi connectivity index (χ0n) is 32.0. The molecule has 0 aliphatic rings. The number of hydrogen-bond donors (Lipinski definition) is 2. The third-order valence-electron chi connectivity index (χ3n) is 9.93. The Kier molecular flexibility index (Phi) is 35.9. The Morgan fingerprint density at radius 2 is 0.739 bits per heavy atom. The Labute approximate surface area is 289 Å². The van der Waals surface area contributed by atoms with Crippen LogP contribution in [-0.4, -0.2) is 24.4 Å². The highest BCUT2D eigenvalue weighted by atomic mass is 16.2. The van der Waals surface area contributed by atoms with Crippen molar-refractivity contribution >= 4 is 11.8 Å². The van der Waals surface area contributed by atoms with Gasteiger partial charge < -0.3 is 10.6 Å². The molecule has 274 valence electrons. The Morgan fingerprint density at radius 1 is 0.413 bits per heavy atom. The van der Waals surface area contributed by atoms with Crippen LogP contribution in [0.1, 0.15) is 240 Å². The van der Waals surface area contributed by atoms with Gasteiger partial charge in [-0.2, -0.15) is 0 Å². The van der Waals surface area contributed by atoms with Crippen molar-refractivity contribution in [2.75, 3.05) is 6.54 Å². The second-order valence-corrected chi connectivity index (χ2v) is 15.0. The molecule has 4 heteroatoms. The minimum absolute atomic E-state index is 0.209. The molecule has 0 rings (SSSR count). The maximum atomic E-state index is 12.6. The Hall–Kier alpha value is -1.06. The molecular weight excluding hydrogens is 564 g/mol. The summed E-state index contributed by atoms with van der Waals surface area (Å²) in [4.78, 5) is 24.8. The van der Waals surface area contributed by atoms with Crippen molar-refractivity contribution in [1.82, 2.24) is 10.6 Å². The van der Waals surface area contributed by atoms with Gasteiger partial charge >= 0.3 is 0 Å². The summed E-state index contributed by atoms with van der Waals surface area (Å²) >= 11 is 0. The van der Waals surface area contributed by atoms with Gasteiger partial charge in [-0.25, -0.2) is 0 Å². The van der Waals surface area contributed by atoms with Gasteiger partial charge in [-0.15, -0.1) is 0 Å². The first-order valence-corrected chi connectivity index (χ1v) is 21.1. The van der Waals surface area contributed by atoms with E-state index in [1.165, 1.54) is 167 Å². The third-order valence-corrected chi connectivity index (χ3v) is 9.93. The monoisotopic (exact) mass is 649 g/mol. The molecule has 2 amide bonds. The van der Waals surface area contributed by atoms with Gasteiger partial charge in [0.25, 0.3) is 0 Å². The van der Waals surface area contributed by atoms with E-state index in [1.54, 1.807) is 0 Å². The van der Waals surface area contributed by atoms with Crippen LogP contribution < -0.4 is 10.6 Å². The fourth-order valence-electron chi connectivity index (χ4n) is 6.62. The van der Waals surface area contributed by atoms with Gasteiger partial charge in [0.2, 0.25) is 11.8 Å². The first-order valence-electron chi connectivity index (χ1n) is 21.1. The van der Waals surface area contributed by atoms with Crippen LogP contribution in [0.5, 0.6) is 0 Å². The Morgan fingerprint density at radius 3 is 1.09 bits per heavy atom. The summed E-state index contributed by atoms with van der Waals surface area (Å²) in [6.07, 6.45) is 42.0. The normalized spacial score (nSPS) is 12.1. The first-order chi connectivity index (χ1) is 22.5. The van der Waals surface area contributed by atoms with Crippen LogP contribution in [0.2, 0.25) is 0 Å². The van der Waals surface area contributed by atoms with E-state index in [-0.39, 0.29) is 17.9 Å². The number of amides is 2. The summed E-state index contributed by atoms with van der Waals surface area (Å²) in [6, 6.07) is 0.241. The van der Waals surface area contributed by atoms with Crippen molar-refractivity contribution in [3.05, 3.63) is 0 Å². The van der Waals surface area contributed by atoms with E-state index in [0.29, 0.717) is 18.8 Å². The van der Waals surface area contributed by atoms with Gasteiger partial charge in [-0.1, -0.05) is 195 Å². The van der Waals surface area contributed by atoms with Gasteiger partial charge in [-0.3, -0.25) is 9.59 Å². The van der Waals surface area contributed by atoms with E-state index >= 15 is 0 Å². The highest BCUT2D eigenvalue weighted by Gasteiger charge is 2.15. The third kappa shape index (κ3) is 34.3. The SMILES string of the molecule is CCCCCCCCCCCCCCCCCC(=O)N[C@@H](CCCCNC(=O)CCCCCCCCCCCCCCC)C(C)C. The predicted octanol–water partition coefficient (Wildman–Crippen LogP) is 13.2. The average molecular weight is 649 g/mol. The fraction of sp³-hybridized carbons (Fsp3) is 0.952. The molecule has 0 radical (unpaired) electrons. The second kappa shape index (κ2) is 36.8. The van der Waals surface area contributed by atoms with Crippen molar-refractivity contribution in [3.63, 3.8) is 0 Å². The molecule has 0 bridgehead atoms. The van der Waals surface area contributed by atoms with Crippen molar-refractivity contribution in [2.24, 2.45) is 5.92 Å². The van der Waals surface area contributed by atoms with Crippen molar-refractivity contribution in [3.8, 4) is 0 Å². The van der Waals surface area contributed by atoms with Crippen LogP contribution in [0, 0.1) is 5.92 Å². The maximum Gasteiger partial charge on any atom is 0.220 e. The summed E-state index contributed by atoms with van der Waals surface area (Å²) in [6.45, 7) is 9.73. The molecule has 4 nitrogen and oxygen atoms in total. The lowest BCUT2D eigenvalue weighted by molar-refractivity contribution is -0.122. The van der Waals surface area contributed by atoms with Crippen molar-refractivity contribution in [2.45, 2.75) is 246 Å². The van der Waals surface area contributed by atoms with Crippen LogP contribution in [0.3, 0.4) is 0 Å². The van der Waals surface area contributed by atoms with Gasteiger partial charge in [0, 0.05) is 25.4 Å². The molecule has 2 N–H and O–H groups in total. The fourth-order valence-corrected chi connectivity index (χ4v) is 6.62. The van der Waals surface area contributed by atoms with Crippen LogP contribution in [-0.2, 0) is 9.59 Å². The highest BCUT2D eigenvalue weighted by Crippen LogP contribution is 2.16. The van der Waals surface area contributed by atoms with Crippen molar-refractivity contribution < 1.29 is 9.59 Å². The van der Waals surface area contributed by atoms with E-state index in [9.17, 15) is 9.59 Å². The molecule has 46 heavy (non-hydrogen) atoms. The lowest BCUT2D eigenvalue weighted by Gasteiger charge is -2.22. The molecule has 0 aromatic rings. The smallest absolute Gasteiger partial charge is 0.220 e. The van der Waals surface area contributed by atoms with Crippen LogP contribution in [0.4, 0.5) is 0 Å². The second-order valence-electron chi connectivity index (χ2n) is 15.0. The zero-order valence-corrected chi connectivity index (χ0v) is 32.0. The summed E-state index contributed by atoms with van der Waals surface area (Å²) in [5, 5.41) is 6.42. The number of carbonyl (C=O) groups excluding carboxylic acids is 2. The van der Waals surface area contributed by atoms with Gasteiger partial charge in [0.1, 0.15) is 0 Å². The van der Waals surface area contributed by atoms with Crippen LogP contribution in [0.15, 0.2) is 0 Å². The molecule has 0 aliphatic heterocycles. The van der Waals surface area contributed by atoms with Crippen LogP contribution in [0.25, 0.3) is 0 Å². The summed E-state index contributed by atoms with van der Waals surface area (Å²) in [7, 11) is 0. The molecule has 0 aromatic heterocycles. The van der Waals surface area contributed by atoms with E-state index in [2.05, 4.69) is 38.3 Å². The minimum Gasteiger partial charge on any atom is -0.356 e. The summed E-state index contributed by atoms with van der Waals surface area (Å²) in [5.41, 5.74) is 0. The lowest BCUT2D eigenvalue weighted by atomic mass is 9.98. The Bertz CT molecular complexity index is 635. The van der Waals surface area contributed by atoms with Gasteiger partial charge in [-0.05, 0) is 38.0 Å². The number of rotatable bonds is 37. The molecule has 1 atom stereocenters. The maximum absolute atomic E-state index is 12.6. The first kappa shape index (κ1) is 44.9. The number of nitrogens with one attached hydrogen (secondary N) is 2. The van der Waals surface area contributed by atoms with E-state index in [4.69, 9.17) is 0 Å². The topological polar surface area (TPSA) is 58.2 Å². The molecule has 0 spiro atoms. The lowest BCUT2D eigenvalue weighted by Crippen LogP contribution is -2.38. The summed E-state index contributed by atoms with van der Waals surface area (Å²) < 4.78 is 0. The molecule has 0 saturated heterocycles. The predicted molar refractivity (Wildman–Crippen MR) is 203 cm³/mol. The number of unbranched alkanes of at least 4 members (excludes halogenated alkanes) is 27. The van der Waals surface area contributed by atoms with E-state index in [0.717, 1.165) is 38.6 Å². The molecule has 0 fully saturated rings. The van der Waals surface area contributed by atoms with E-state index in [1.807, 2.05) is 0 Å². The average Bonchev–Trinajstić information content (AvgIpc) is 3.04. The number of hydrogen-bond acceptors (Lipinski definition) is 2. The molecule has 0 heterocycles. The van der Waals surface area contributed by atoms with E-state index < -0.39 is 0 Å². The Balaban J connectivity index is 3.58. The molecule has 0 aliphatic carbocycles. The van der Waals surface area contributed by atoms with Gasteiger partial charge in [0.05, 0.1) is 0 Å².